The molecule has 3 aromatic rings. The van der Waals surface area contributed by atoms with Crippen molar-refractivity contribution >= 4 is 6.09 Å². The van der Waals surface area contributed by atoms with Crippen molar-refractivity contribution < 1.29 is 13.9 Å². The molecule has 0 aliphatic carbocycles. The molecule has 33 heavy (non-hydrogen) atoms. The molecule has 2 heterocycles. The quantitative estimate of drug-likeness (QED) is 0.603. The van der Waals surface area contributed by atoms with Gasteiger partial charge in [-0.25, -0.2) is 9.18 Å². The fourth-order valence-electron chi connectivity index (χ4n) is 4.49. The Morgan fingerprint density at radius 1 is 0.879 bits per heavy atom. The summed E-state index contributed by atoms with van der Waals surface area (Å²) in [6.07, 6.45) is -0.704. The molecule has 0 radical (unpaired) electrons. The van der Waals surface area contributed by atoms with Crippen LogP contribution in [0.5, 0.6) is 0 Å². The number of benzene rings is 3. The minimum Gasteiger partial charge on any atom is -0.439 e. The summed E-state index contributed by atoms with van der Waals surface area (Å²) < 4.78 is 18.7. The van der Waals surface area contributed by atoms with Crippen molar-refractivity contribution in [3.63, 3.8) is 0 Å². The lowest BCUT2D eigenvalue weighted by Gasteiger charge is -2.27. The third kappa shape index (κ3) is 5.24. The molecule has 1 atom stereocenters. The van der Waals surface area contributed by atoms with E-state index >= 15 is 0 Å². The third-order valence-corrected chi connectivity index (χ3v) is 6.33. The average Bonchev–Trinajstić information content (AvgIpc) is 3.21. The van der Waals surface area contributed by atoms with Gasteiger partial charge in [-0.15, -0.1) is 0 Å². The topological polar surface area (TPSA) is 44.8 Å². The number of hydrogen-bond acceptors (Lipinski definition) is 4. The van der Waals surface area contributed by atoms with Crippen molar-refractivity contribution in [2.75, 3.05) is 32.7 Å². The van der Waals surface area contributed by atoms with Crippen LogP contribution in [0.2, 0.25) is 0 Å². The predicted octanol–water partition coefficient (Wildman–Crippen LogP) is 4.59. The normalized spacial score (nSPS) is 19.0. The van der Waals surface area contributed by atoms with Gasteiger partial charge in [0.15, 0.2) is 0 Å². The van der Waals surface area contributed by atoms with E-state index < -0.39 is 0 Å². The van der Waals surface area contributed by atoms with E-state index in [9.17, 15) is 9.18 Å². The van der Waals surface area contributed by atoms with Gasteiger partial charge in [0, 0.05) is 39.3 Å². The number of rotatable bonds is 6. The summed E-state index contributed by atoms with van der Waals surface area (Å²) in [6.45, 7) is 6.19. The van der Waals surface area contributed by atoms with Crippen molar-refractivity contribution in [1.29, 1.82) is 0 Å². The van der Waals surface area contributed by atoms with Gasteiger partial charge in [0.25, 0.3) is 0 Å². The maximum Gasteiger partial charge on any atom is 0.410 e. The van der Waals surface area contributed by atoms with Gasteiger partial charge in [0.1, 0.15) is 11.9 Å². The van der Waals surface area contributed by atoms with Crippen LogP contribution in [-0.2, 0) is 17.8 Å². The van der Waals surface area contributed by atoms with E-state index in [0.717, 1.165) is 49.4 Å². The van der Waals surface area contributed by atoms with Crippen LogP contribution in [0.25, 0.3) is 11.1 Å². The molecular formula is C27H28FN3O2. The zero-order valence-electron chi connectivity index (χ0n) is 18.5. The number of piperazine rings is 1. The summed E-state index contributed by atoms with van der Waals surface area (Å²) in [5, 5.41) is 3.40. The monoisotopic (exact) mass is 445 g/mol. The molecule has 5 rings (SSSR count). The van der Waals surface area contributed by atoms with Gasteiger partial charge in [-0.2, -0.15) is 0 Å². The minimum absolute atomic E-state index is 0.297. The number of hydrogen-bond donors (Lipinski definition) is 1. The van der Waals surface area contributed by atoms with Crippen LogP contribution in [0.1, 0.15) is 22.8 Å². The van der Waals surface area contributed by atoms with Crippen molar-refractivity contribution in [3.8, 4) is 11.1 Å². The Bertz CT molecular complexity index is 1100. The third-order valence-electron chi connectivity index (χ3n) is 6.33. The van der Waals surface area contributed by atoms with Crippen molar-refractivity contribution in [3.05, 3.63) is 95.3 Å². The standard InChI is InChI=1S/C27H28FN3O2/c28-25-10-8-23(9-11-25)26-19-31(27(32)33-26)18-20-4-6-22(7-5-20)24-3-1-2-21(16-24)17-30-14-12-29-13-15-30/h1-11,16,26,29H,12-15,17-19H2. The van der Waals surface area contributed by atoms with Gasteiger partial charge in [-0.3, -0.25) is 9.80 Å². The van der Waals surface area contributed by atoms with Gasteiger partial charge >= 0.3 is 6.09 Å². The smallest absolute Gasteiger partial charge is 0.410 e. The summed E-state index contributed by atoms with van der Waals surface area (Å²) in [7, 11) is 0. The summed E-state index contributed by atoms with van der Waals surface area (Å²) in [5.41, 5.74) is 5.54. The Balaban J connectivity index is 1.22. The molecule has 5 nitrogen and oxygen atoms in total. The molecule has 3 aromatic carbocycles. The lowest BCUT2D eigenvalue weighted by atomic mass is 10.0. The Kier molecular flexibility index (Phi) is 6.37. The molecule has 0 spiro atoms. The molecule has 0 saturated carbocycles. The highest BCUT2D eigenvalue weighted by molar-refractivity contribution is 5.70. The molecule has 2 aliphatic rings. The number of nitrogens with zero attached hydrogens (tertiary/aromatic N) is 2. The summed E-state index contributed by atoms with van der Waals surface area (Å²) in [5.74, 6) is -0.297. The first-order valence-electron chi connectivity index (χ1n) is 11.5. The van der Waals surface area contributed by atoms with E-state index in [0.29, 0.717) is 13.1 Å². The number of amides is 1. The maximum atomic E-state index is 13.2. The predicted molar refractivity (Wildman–Crippen MR) is 126 cm³/mol. The lowest BCUT2D eigenvalue weighted by molar-refractivity contribution is 0.132. The van der Waals surface area contributed by atoms with Gasteiger partial charge in [0.05, 0.1) is 6.54 Å². The van der Waals surface area contributed by atoms with Crippen LogP contribution in [-0.4, -0.2) is 48.6 Å². The molecule has 2 aliphatic heterocycles. The Morgan fingerprint density at radius 3 is 2.39 bits per heavy atom. The van der Waals surface area contributed by atoms with Crippen LogP contribution >= 0.6 is 0 Å². The zero-order chi connectivity index (χ0) is 22.6. The summed E-state index contributed by atoms with van der Waals surface area (Å²) >= 11 is 0. The molecule has 0 aromatic heterocycles. The van der Waals surface area contributed by atoms with E-state index in [1.54, 1.807) is 17.0 Å². The Labute approximate surface area is 193 Å². The fraction of sp³-hybridized carbons (Fsp3) is 0.296. The lowest BCUT2D eigenvalue weighted by Crippen LogP contribution is -2.42. The van der Waals surface area contributed by atoms with E-state index in [2.05, 4.69) is 58.7 Å². The first-order chi connectivity index (χ1) is 16.1. The Hall–Kier alpha value is -3.22. The maximum absolute atomic E-state index is 13.2. The molecule has 2 saturated heterocycles. The van der Waals surface area contributed by atoms with E-state index in [-0.39, 0.29) is 18.0 Å². The van der Waals surface area contributed by atoms with Crippen LogP contribution in [0.4, 0.5) is 9.18 Å². The van der Waals surface area contributed by atoms with E-state index in [4.69, 9.17) is 4.74 Å². The molecule has 1 unspecified atom stereocenters. The molecule has 170 valence electrons. The molecule has 1 N–H and O–H groups in total. The molecule has 6 heteroatoms. The van der Waals surface area contributed by atoms with Crippen molar-refractivity contribution in [2.24, 2.45) is 0 Å². The number of cyclic esters (lactones) is 1. The Morgan fingerprint density at radius 2 is 1.64 bits per heavy atom. The van der Waals surface area contributed by atoms with Gasteiger partial charge in [0.2, 0.25) is 0 Å². The van der Waals surface area contributed by atoms with Crippen LogP contribution in [0.15, 0.2) is 72.8 Å². The first-order valence-corrected chi connectivity index (χ1v) is 11.5. The van der Waals surface area contributed by atoms with E-state index in [1.165, 1.54) is 23.3 Å². The van der Waals surface area contributed by atoms with Crippen LogP contribution < -0.4 is 5.32 Å². The second-order valence-electron chi connectivity index (χ2n) is 8.73. The number of halogens is 1. The number of nitrogens with one attached hydrogen (secondary N) is 1. The summed E-state index contributed by atoms with van der Waals surface area (Å²) in [4.78, 5) is 16.5. The highest BCUT2D eigenvalue weighted by Crippen LogP contribution is 2.28. The molecular weight excluding hydrogens is 417 g/mol. The van der Waals surface area contributed by atoms with Crippen LogP contribution in [0.3, 0.4) is 0 Å². The highest BCUT2D eigenvalue weighted by Gasteiger charge is 2.32. The number of ether oxygens (including phenoxy) is 1. The van der Waals surface area contributed by atoms with E-state index in [1.807, 2.05) is 0 Å². The first kappa shape index (κ1) is 21.6. The summed E-state index contributed by atoms with van der Waals surface area (Å²) in [6, 6.07) is 23.2. The number of carbonyl (C=O) groups excluding carboxylic acids is 1. The van der Waals surface area contributed by atoms with Gasteiger partial charge in [-0.1, -0.05) is 54.6 Å². The largest absolute Gasteiger partial charge is 0.439 e. The number of carbonyl (C=O) groups is 1. The SMILES string of the molecule is O=C1OC(c2ccc(F)cc2)CN1Cc1ccc(-c2cccc(CN3CCNCC3)c2)cc1. The minimum atomic E-state index is -0.365. The van der Waals surface area contributed by atoms with Gasteiger partial charge < -0.3 is 10.1 Å². The fourth-order valence-corrected chi connectivity index (χ4v) is 4.49. The molecule has 2 fully saturated rings. The zero-order valence-corrected chi connectivity index (χ0v) is 18.5. The van der Waals surface area contributed by atoms with Gasteiger partial charge in [-0.05, 0) is 46.0 Å². The second-order valence-corrected chi connectivity index (χ2v) is 8.73. The second kappa shape index (κ2) is 9.73. The van der Waals surface area contributed by atoms with Crippen LogP contribution in [0, 0.1) is 5.82 Å². The van der Waals surface area contributed by atoms with Crippen molar-refractivity contribution in [1.82, 2.24) is 15.1 Å². The molecule has 1 amide bonds. The van der Waals surface area contributed by atoms with Crippen molar-refractivity contribution in [2.45, 2.75) is 19.2 Å². The highest BCUT2D eigenvalue weighted by atomic mass is 19.1. The molecule has 0 bridgehead atoms. The average molecular weight is 446 g/mol.